The molecule has 2 aromatic carbocycles. The highest BCUT2D eigenvalue weighted by atomic mass is 32.2. The van der Waals surface area contributed by atoms with Crippen LogP contribution in [0.1, 0.15) is 17.5 Å². The van der Waals surface area contributed by atoms with Gasteiger partial charge in [0.2, 0.25) is 5.91 Å². The summed E-state index contributed by atoms with van der Waals surface area (Å²) in [5.41, 5.74) is 2.97. The number of aliphatic hydroxyl groups is 2. The average Bonchev–Trinajstić information content (AvgIpc) is 3.37. The number of hydrogen-bond acceptors (Lipinski definition) is 7. The molecule has 0 aromatic heterocycles. The van der Waals surface area contributed by atoms with E-state index in [9.17, 15) is 32.7 Å². The standard InChI is InChI=1S/C23H24F2N4O4S2/c1-27-21-9-16(4-5-20(21)29(35(27,32)33)13-18-10-22(18,24)25)19-8-15(2-3-17(19)11-26)12-28-6-7-34-14-23(28,30)31/h2-5,8-9,18,30-31H,6-7,10,12-14H2,1H3. The average molecular weight is 523 g/mol. The lowest BCUT2D eigenvalue weighted by atomic mass is 9.96. The van der Waals surface area contributed by atoms with Crippen LogP contribution in [0.2, 0.25) is 0 Å². The van der Waals surface area contributed by atoms with Crippen LogP contribution in [0.5, 0.6) is 0 Å². The van der Waals surface area contributed by atoms with E-state index in [1.807, 2.05) is 0 Å². The smallest absolute Gasteiger partial charge is 0.326 e. The number of alkyl halides is 2. The number of hydrogen-bond donors (Lipinski definition) is 2. The van der Waals surface area contributed by atoms with Crippen LogP contribution in [0, 0.1) is 17.2 Å². The van der Waals surface area contributed by atoms with Gasteiger partial charge in [0.15, 0.2) is 0 Å². The fraction of sp³-hybridized carbons (Fsp3) is 0.435. The van der Waals surface area contributed by atoms with E-state index < -0.39 is 28.0 Å². The molecular weight excluding hydrogens is 498 g/mol. The molecule has 186 valence electrons. The summed E-state index contributed by atoms with van der Waals surface area (Å²) in [5, 5.41) is 30.2. The number of thioether (sulfide) groups is 1. The number of nitrogens with zero attached hydrogens (tertiary/aromatic N) is 4. The Hall–Kier alpha value is -2.43. The summed E-state index contributed by atoms with van der Waals surface area (Å²) in [4.78, 5) is 1.56. The first-order valence-electron chi connectivity index (χ1n) is 11.0. The van der Waals surface area contributed by atoms with Crippen molar-refractivity contribution in [3.8, 4) is 17.2 Å². The molecule has 2 aliphatic heterocycles. The van der Waals surface area contributed by atoms with Crippen molar-refractivity contribution in [1.82, 2.24) is 4.90 Å². The summed E-state index contributed by atoms with van der Waals surface area (Å²) >= 11 is 1.46. The summed E-state index contributed by atoms with van der Waals surface area (Å²) in [6.45, 7) is 0.461. The van der Waals surface area contributed by atoms with E-state index in [0.717, 1.165) is 19.9 Å². The van der Waals surface area contributed by atoms with Crippen molar-refractivity contribution in [3.05, 3.63) is 47.5 Å². The van der Waals surface area contributed by atoms with Gasteiger partial charge in [0, 0.05) is 44.8 Å². The van der Waals surface area contributed by atoms with Crippen molar-refractivity contribution in [1.29, 1.82) is 5.26 Å². The molecule has 0 bridgehead atoms. The van der Waals surface area contributed by atoms with Crippen molar-refractivity contribution in [2.75, 3.05) is 40.3 Å². The molecule has 1 saturated carbocycles. The van der Waals surface area contributed by atoms with Crippen LogP contribution in [0.3, 0.4) is 0 Å². The normalized spacial score (nSPS) is 24.2. The monoisotopic (exact) mass is 522 g/mol. The summed E-state index contributed by atoms with van der Waals surface area (Å²) in [6, 6.07) is 12.2. The molecule has 0 amide bonds. The van der Waals surface area contributed by atoms with E-state index in [-0.39, 0.29) is 25.3 Å². The lowest BCUT2D eigenvalue weighted by Crippen LogP contribution is -2.53. The predicted octanol–water partition coefficient (Wildman–Crippen LogP) is 2.57. The minimum absolute atomic E-state index is 0.172. The molecule has 5 rings (SSSR count). The summed E-state index contributed by atoms with van der Waals surface area (Å²) in [6.07, 6.45) is -0.326. The minimum atomic E-state index is -3.98. The first-order chi connectivity index (χ1) is 16.4. The zero-order chi connectivity index (χ0) is 25.2. The third kappa shape index (κ3) is 4.25. The number of halogens is 2. The predicted molar refractivity (Wildman–Crippen MR) is 129 cm³/mol. The van der Waals surface area contributed by atoms with Gasteiger partial charge in [-0.25, -0.2) is 13.7 Å². The Kier molecular flexibility index (Phi) is 5.77. The van der Waals surface area contributed by atoms with Gasteiger partial charge in [-0.05, 0) is 41.0 Å². The van der Waals surface area contributed by atoms with E-state index >= 15 is 0 Å². The van der Waals surface area contributed by atoms with Crippen LogP contribution in [0.25, 0.3) is 11.1 Å². The fourth-order valence-electron chi connectivity index (χ4n) is 4.52. The van der Waals surface area contributed by atoms with Crippen molar-refractivity contribution in [2.24, 2.45) is 5.92 Å². The SMILES string of the molecule is CN1c2cc(-c3cc(CN4CCSCC4(O)O)ccc3C#N)ccc2N(CC2CC2(F)F)S1(=O)=O. The van der Waals surface area contributed by atoms with Crippen molar-refractivity contribution in [3.63, 3.8) is 0 Å². The minimum Gasteiger partial charge on any atom is -0.353 e. The molecular formula is C23H24F2N4O4S2. The number of rotatable bonds is 5. The van der Waals surface area contributed by atoms with Crippen LogP contribution in [-0.2, 0) is 16.8 Å². The van der Waals surface area contributed by atoms with Gasteiger partial charge in [0.25, 0.3) is 5.92 Å². The fourth-order valence-corrected chi connectivity index (χ4v) is 6.93. The highest BCUT2D eigenvalue weighted by Crippen LogP contribution is 2.51. The van der Waals surface area contributed by atoms with Gasteiger partial charge >= 0.3 is 10.2 Å². The second kappa shape index (κ2) is 8.31. The zero-order valence-electron chi connectivity index (χ0n) is 18.9. The van der Waals surface area contributed by atoms with Gasteiger partial charge in [-0.3, -0.25) is 8.61 Å². The van der Waals surface area contributed by atoms with Crippen LogP contribution < -0.4 is 8.61 Å². The molecule has 1 atom stereocenters. The zero-order valence-corrected chi connectivity index (χ0v) is 20.5. The lowest BCUT2D eigenvalue weighted by Gasteiger charge is -2.38. The Morgan fingerprint density at radius 1 is 1.20 bits per heavy atom. The molecule has 0 spiro atoms. The number of anilines is 2. The molecule has 2 heterocycles. The first-order valence-corrected chi connectivity index (χ1v) is 13.6. The van der Waals surface area contributed by atoms with Gasteiger partial charge in [0.05, 0.1) is 28.8 Å². The summed E-state index contributed by atoms with van der Waals surface area (Å²) in [7, 11) is -2.60. The van der Waals surface area contributed by atoms with E-state index in [4.69, 9.17) is 0 Å². The van der Waals surface area contributed by atoms with E-state index in [1.54, 1.807) is 41.3 Å². The molecule has 1 unspecified atom stereocenters. The molecule has 12 heteroatoms. The van der Waals surface area contributed by atoms with Crippen LogP contribution >= 0.6 is 11.8 Å². The second-order valence-corrected chi connectivity index (χ2v) is 12.1. The first kappa shape index (κ1) is 24.3. The van der Waals surface area contributed by atoms with Gasteiger partial charge in [-0.15, -0.1) is 0 Å². The Balaban J connectivity index is 1.49. The topological polar surface area (TPSA) is 108 Å². The van der Waals surface area contributed by atoms with Crippen LogP contribution in [0.15, 0.2) is 36.4 Å². The molecule has 1 saturated heterocycles. The van der Waals surface area contributed by atoms with E-state index in [2.05, 4.69) is 6.07 Å². The molecule has 35 heavy (non-hydrogen) atoms. The Morgan fingerprint density at radius 2 is 1.94 bits per heavy atom. The van der Waals surface area contributed by atoms with Gasteiger partial charge in [-0.2, -0.15) is 25.4 Å². The molecule has 2 aromatic rings. The lowest BCUT2D eigenvalue weighted by molar-refractivity contribution is -0.250. The van der Waals surface area contributed by atoms with Crippen molar-refractivity contribution < 1.29 is 27.4 Å². The maximum atomic E-state index is 13.5. The third-order valence-corrected chi connectivity index (χ3v) is 9.60. The number of fused-ring (bicyclic) bond motifs is 1. The molecule has 2 N–H and O–H groups in total. The molecule has 1 aliphatic carbocycles. The van der Waals surface area contributed by atoms with E-state index in [0.29, 0.717) is 34.6 Å². The summed E-state index contributed by atoms with van der Waals surface area (Å²) < 4.78 is 54.9. The Labute approximate surface area is 206 Å². The molecule has 0 radical (unpaired) electrons. The van der Waals surface area contributed by atoms with Crippen LogP contribution in [0.4, 0.5) is 20.2 Å². The maximum absolute atomic E-state index is 13.5. The second-order valence-electron chi connectivity index (χ2n) is 9.11. The Morgan fingerprint density at radius 3 is 2.60 bits per heavy atom. The van der Waals surface area contributed by atoms with Gasteiger partial charge in [0.1, 0.15) is 0 Å². The number of nitriles is 1. The summed E-state index contributed by atoms with van der Waals surface area (Å²) in [5.74, 6) is -4.83. The third-order valence-electron chi connectivity index (χ3n) is 6.75. The highest BCUT2D eigenvalue weighted by Gasteiger charge is 2.59. The maximum Gasteiger partial charge on any atom is 0.326 e. The van der Waals surface area contributed by atoms with Crippen molar-refractivity contribution in [2.45, 2.75) is 24.8 Å². The molecule has 2 fully saturated rings. The quantitative estimate of drug-likeness (QED) is 0.581. The Bertz CT molecular complexity index is 1330. The highest BCUT2D eigenvalue weighted by molar-refractivity contribution is 7.99. The van der Waals surface area contributed by atoms with Gasteiger partial charge < -0.3 is 10.2 Å². The molecule has 3 aliphatic rings. The molecule has 8 nitrogen and oxygen atoms in total. The van der Waals surface area contributed by atoms with Crippen molar-refractivity contribution >= 4 is 33.3 Å². The van der Waals surface area contributed by atoms with Crippen LogP contribution in [-0.4, -0.2) is 67.0 Å². The van der Waals surface area contributed by atoms with Gasteiger partial charge in [-0.1, -0.05) is 12.1 Å². The van der Waals surface area contributed by atoms with E-state index in [1.165, 1.54) is 18.8 Å². The largest absolute Gasteiger partial charge is 0.353 e. The number of benzene rings is 2.